The molecule has 0 saturated carbocycles. The Hall–Kier alpha value is -1.70. The molecule has 132 valence electrons. The number of rotatable bonds is 4. The largest absolute Gasteiger partial charge is 0.507 e. The highest BCUT2D eigenvalue weighted by Crippen LogP contribution is 2.37. The summed E-state index contributed by atoms with van der Waals surface area (Å²) in [6.07, 6.45) is 2.44. The number of thiophene rings is 1. The number of phenols is 1. The van der Waals surface area contributed by atoms with Crippen LogP contribution in [-0.2, 0) is 17.7 Å². The molecule has 25 heavy (non-hydrogen) atoms. The number of halogens is 1. The van der Waals surface area contributed by atoms with E-state index >= 15 is 0 Å². The number of hydrogen-bond donors (Lipinski definition) is 2. The third-order valence-corrected chi connectivity index (χ3v) is 5.76. The van der Waals surface area contributed by atoms with Crippen LogP contribution in [0.2, 0.25) is 0 Å². The third-order valence-electron chi connectivity index (χ3n) is 4.13. The number of hydrogen-bond acceptors (Lipinski definition) is 5. The van der Waals surface area contributed by atoms with Crippen molar-refractivity contribution in [3.05, 3.63) is 44.2 Å². The molecule has 0 saturated heterocycles. The summed E-state index contributed by atoms with van der Waals surface area (Å²) >= 11 is 4.92. The zero-order chi connectivity index (χ0) is 18.0. The smallest absolute Gasteiger partial charge is 0.341 e. The second kappa shape index (κ2) is 7.68. The van der Waals surface area contributed by atoms with Gasteiger partial charge in [0.05, 0.1) is 25.1 Å². The van der Waals surface area contributed by atoms with Gasteiger partial charge in [-0.05, 0) is 30.7 Å². The predicted octanol–water partition coefficient (Wildman–Crippen LogP) is 2.71. The predicted molar refractivity (Wildman–Crippen MR) is 102 cm³/mol. The number of aromatic hydroxyl groups is 1. The Kier molecular flexibility index (Phi) is 5.56. The fourth-order valence-electron chi connectivity index (χ4n) is 2.87. The number of nitrogens with one attached hydrogen (secondary N) is 1. The Morgan fingerprint density at radius 3 is 3.08 bits per heavy atom. The molecule has 2 N–H and O–H groups in total. The van der Waals surface area contributed by atoms with E-state index in [2.05, 4.69) is 28.0 Å². The molecule has 0 spiro atoms. The van der Waals surface area contributed by atoms with Gasteiger partial charge in [0.2, 0.25) is 0 Å². The molecule has 1 unspecified atom stereocenters. The minimum absolute atomic E-state index is 0.148. The van der Waals surface area contributed by atoms with E-state index in [-0.39, 0.29) is 11.7 Å². The topological polar surface area (TPSA) is 63.3 Å². The Morgan fingerprint density at radius 2 is 2.32 bits per heavy atom. The lowest BCUT2D eigenvalue weighted by Gasteiger charge is -2.19. The Balaban J connectivity index is 2.01. The first-order valence-electron chi connectivity index (χ1n) is 8.15. The Bertz CT molecular complexity index is 832. The van der Waals surface area contributed by atoms with Crippen molar-refractivity contribution in [2.45, 2.75) is 19.9 Å². The number of phenolic OH excluding ortho intramolecular Hbond substituents is 1. The minimum atomic E-state index is -0.315. The van der Waals surface area contributed by atoms with Crippen LogP contribution >= 0.6 is 27.3 Å². The Morgan fingerprint density at radius 1 is 1.52 bits per heavy atom. The lowest BCUT2D eigenvalue weighted by atomic mass is 10.0. The number of likely N-dealkylation sites (N-methyl/N-ethyl adjacent to an activating group) is 1. The van der Waals surface area contributed by atoms with Crippen LogP contribution in [0.1, 0.15) is 33.3 Å². The van der Waals surface area contributed by atoms with Crippen LogP contribution < -0.4 is 4.90 Å². The van der Waals surface area contributed by atoms with Gasteiger partial charge in [-0.3, -0.25) is 0 Å². The number of quaternary nitrogens is 1. The number of nitrogens with zero attached hydrogens (tertiary/aromatic N) is 1. The molecule has 1 aromatic carbocycles. The highest BCUT2D eigenvalue weighted by Gasteiger charge is 2.29. The van der Waals surface area contributed by atoms with E-state index in [1.54, 1.807) is 31.3 Å². The van der Waals surface area contributed by atoms with Crippen LogP contribution in [0.3, 0.4) is 0 Å². The van der Waals surface area contributed by atoms with Crippen LogP contribution in [0.5, 0.6) is 5.75 Å². The highest BCUT2D eigenvalue weighted by atomic mass is 79.9. The van der Waals surface area contributed by atoms with E-state index in [1.165, 1.54) is 21.1 Å². The van der Waals surface area contributed by atoms with Gasteiger partial charge in [0, 0.05) is 22.7 Å². The third kappa shape index (κ3) is 3.94. The molecule has 0 aliphatic carbocycles. The SMILES string of the molecule is CCOC(=O)c1c(/N=C/c2cc(Br)ccc2O)sc2c1CC[NH+](C)C2. The molecule has 1 aliphatic rings. The van der Waals surface area contributed by atoms with Gasteiger partial charge in [0.1, 0.15) is 22.9 Å². The molecular formula is C18H20BrN2O3S+. The zero-order valence-corrected chi connectivity index (χ0v) is 16.5. The molecular weight excluding hydrogens is 404 g/mol. The molecule has 1 aliphatic heterocycles. The second-order valence-corrected chi connectivity index (χ2v) is 8.00. The lowest BCUT2D eigenvalue weighted by molar-refractivity contribution is -0.895. The number of ether oxygens (including phenoxy) is 1. The highest BCUT2D eigenvalue weighted by molar-refractivity contribution is 9.10. The second-order valence-electron chi connectivity index (χ2n) is 6.00. The number of carbonyl (C=O) groups is 1. The van der Waals surface area contributed by atoms with E-state index in [4.69, 9.17) is 4.74 Å². The van der Waals surface area contributed by atoms with Crippen molar-refractivity contribution >= 4 is 44.5 Å². The van der Waals surface area contributed by atoms with Crippen LogP contribution in [-0.4, -0.2) is 37.5 Å². The number of carbonyl (C=O) groups excluding carboxylic acids is 1. The van der Waals surface area contributed by atoms with Gasteiger partial charge in [-0.15, -0.1) is 11.3 Å². The number of esters is 1. The van der Waals surface area contributed by atoms with Crippen molar-refractivity contribution in [2.75, 3.05) is 20.2 Å². The quantitative estimate of drug-likeness (QED) is 0.586. The van der Waals surface area contributed by atoms with Crippen LogP contribution in [0, 0.1) is 0 Å². The lowest BCUT2D eigenvalue weighted by Crippen LogP contribution is -3.08. The monoisotopic (exact) mass is 423 g/mol. The van der Waals surface area contributed by atoms with Crippen molar-refractivity contribution in [1.82, 2.24) is 0 Å². The molecule has 5 nitrogen and oxygen atoms in total. The summed E-state index contributed by atoms with van der Waals surface area (Å²) in [7, 11) is 2.15. The first-order chi connectivity index (χ1) is 12.0. The van der Waals surface area contributed by atoms with E-state index in [1.807, 2.05) is 0 Å². The molecule has 7 heteroatoms. The molecule has 1 atom stereocenters. The maximum Gasteiger partial charge on any atom is 0.341 e. The first kappa shape index (κ1) is 18.1. The summed E-state index contributed by atoms with van der Waals surface area (Å²) < 4.78 is 6.10. The summed E-state index contributed by atoms with van der Waals surface area (Å²) in [5, 5.41) is 10.6. The van der Waals surface area contributed by atoms with Crippen molar-refractivity contribution in [2.24, 2.45) is 4.99 Å². The van der Waals surface area contributed by atoms with Crippen LogP contribution in [0.4, 0.5) is 5.00 Å². The maximum atomic E-state index is 12.5. The number of aliphatic imine (C=N–C) groups is 1. The van der Waals surface area contributed by atoms with Gasteiger partial charge < -0.3 is 14.7 Å². The number of benzene rings is 1. The fourth-order valence-corrected chi connectivity index (χ4v) is 4.54. The summed E-state index contributed by atoms with van der Waals surface area (Å²) in [5.74, 6) is -0.166. The van der Waals surface area contributed by atoms with Gasteiger partial charge in [0.15, 0.2) is 0 Å². The molecule has 0 fully saturated rings. The normalized spacial score (nSPS) is 16.8. The Labute approximate surface area is 159 Å². The molecule has 1 aromatic heterocycles. The van der Waals surface area contributed by atoms with Crippen molar-refractivity contribution in [1.29, 1.82) is 0 Å². The summed E-state index contributed by atoms with van der Waals surface area (Å²) in [4.78, 5) is 19.6. The molecule has 0 bridgehead atoms. The van der Waals surface area contributed by atoms with E-state index in [0.29, 0.717) is 22.7 Å². The first-order valence-corrected chi connectivity index (χ1v) is 9.76. The average molecular weight is 424 g/mol. The zero-order valence-electron chi connectivity index (χ0n) is 14.1. The van der Waals surface area contributed by atoms with Gasteiger partial charge in [-0.2, -0.15) is 0 Å². The number of fused-ring (bicyclic) bond motifs is 1. The van der Waals surface area contributed by atoms with Crippen LogP contribution in [0.25, 0.3) is 0 Å². The summed E-state index contributed by atoms with van der Waals surface area (Å²) in [5.41, 5.74) is 2.25. The van der Waals surface area contributed by atoms with Gasteiger partial charge >= 0.3 is 5.97 Å². The van der Waals surface area contributed by atoms with Crippen molar-refractivity contribution < 1.29 is 19.5 Å². The van der Waals surface area contributed by atoms with Gasteiger partial charge in [-0.25, -0.2) is 9.79 Å². The summed E-state index contributed by atoms with van der Waals surface area (Å²) in [6, 6.07) is 5.16. The standard InChI is InChI=1S/C18H19BrN2O3S/c1-3-24-18(23)16-13-6-7-21(2)10-15(13)25-17(16)20-9-11-8-12(19)4-5-14(11)22/h4-5,8-9,22H,3,6-7,10H2,1-2H3/p+1/b20-9+. The minimum Gasteiger partial charge on any atom is -0.507 e. The van der Waals surface area contributed by atoms with Gasteiger partial charge in [0.25, 0.3) is 0 Å². The molecule has 0 radical (unpaired) electrons. The average Bonchev–Trinajstić information content (AvgIpc) is 2.93. The molecule has 2 heterocycles. The van der Waals surface area contributed by atoms with E-state index in [9.17, 15) is 9.90 Å². The fraction of sp³-hybridized carbons (Fsp3) is 0.333. The molecule has 3 rings (SSSR count). The molecule has 2 aromatic rings. The van der Waals surface area contributed by atoms with Crippen molar-refractivity contribution in [3.8, 4) is 5.75 Å². The maximum absolute atomic E-state index is 12.5. The van der Waals surface area contributed by atoms with E-state index in [0.717, 1.165) is 29.5 Å². The van der Waals surface area contributed by atoms with Crippen molar-refractivity contribution in [3.63, 3.8) is 0 Å². The molecule has 0 amide bonds. The summed E-state index contributed by atoms with van der Waals surface area (Å²) in [6.45, 7) is 4.02. The van der Waals surface area contributed by atoms with E-state index < -0.39 is 0 Å². The van der Waals surface area contributed by atoms with Crippen LogP contribution in [0.15, 0.2) is 27.7 Å². The van der Waals surface area contributed by atoms with Gasteiger partial charge in [-0.1, -0.05) is 15.9 Å².